The van der Waals surface area contributed by atoms with Gasteiger partial charge in [0.25, 0.3) is 0 Å². The van der Waals surface area contributed by atoms with E-state index in [1.807, 2.05) is 18.5 Å². The third-order valence-electron chi connectivity index (χ3n) is 4.81. The molecule has 0 bridgehead atoms. The van der Waals surface area contributed by atoms with Crippen LogP contribution in [0.4, 0.5) is 0 Å². The van der Waals surface area contributed by atoms with E-state index in [4.69, 9.17) is 14.5 Å². The predicted octanol–water partition coefficient (Wildman–Crippen LogP) is 2.87. The molecule has 5 rings (SSSR count). The topological polar surface area (TPSA) is 72.4 Å². The van der Waals surface area contributed by atoms with Crippen LogP contribution < -0.4 is 4.74 Å². The van der Waals surface area contributed by atoms with Gasteiger partial charge >= 0.3 is 0 Å². The molecule has 2 aliphatic heterocycles. The second-order valence-corrected chi connectivity index (χ2v) is 6.42. The maximum atomic E-state index is 6.23. The predicted molar refractivity (Wildman–Crippen MR) is 94.1 cm³/mol. The first kappa shape index (κ1) is 14.6. The van der Waals surface area contributed by atoms with E-state index < -0.39 is 0 Å². The number of ether oxygens (including phenoxy) is 2. The lowest BCUT2D eigenvalue weighted by atomic mass is 10.0. The highest BCUT2D eigenvalue weighted by atomic mass is 16.5. The zero-order valence-corrected chi connectivity index (χ0v) is 13.7. The van der Waals surface area contributed by atoms with Gasteiger partial charge in [0.2, 0.25) is 5.88 Å². The Morgan fingerprint density at radius 3 is 3.00 bits per heavy atom. The fourth-order valence-corrected chi connectivity index (χ4v) is 3.47. The molecule has 25 heavy (non-hydrogen) atoms. The molecule has 126 valence electrons. The zero-order chi connectivity index (χ0) is 16.6. The highest BCUT2D eigenvalue weighted by Gasteiger charge is 2.26. The minimum atomic E-state index is 0.157. The van der Waals surface area contributed by atoms with Crippen LogP contribution in [0.5, 0.6) is 5.88 Å². The number of rotatable bonds is 3. The number of nitrogens with one attached hydrogen (secondary N) is 1. The molecule has 6 nitrogen and oxygen atoms in total. The normalized spacial score (nSPS) is 17.5. The maximum absolute atomic E-state index is 6.23. The smallest absolute Gasteiger partial charge is 0.223 e. The van der Waals surface area contributed by atoms with Gasteiger partial charge in [-0.25, -0.2) is 4.98 Å². The molecule has 1 saturated heterocycles. The SMILES string of the molecule is c1cc2c(c(OC3CCOCC3)n1)C(c1ccc3cn[nH]c3c1)=NC2. The molecule has 1 aromatic carbocycles. The number of fused-ring (bicyclic) bond motifs is 2. The first-order valence-electron chi connectivity index (χ1n) is 8.59. The number of aromatic nitrogens is 3. The molecular formula is C19H18N4O2. The van der Waals surface area contributed by atoms with Gasteiger partial charge in [-0.1, -0.05) is 12.1 Å². The zero-order valence-electron chi connectivity index (χ0n) is 13.7. The number of nitrogens with zero attached hydrogens (tertiary/aromatic N) is 3. The molecule has 0 atom stereocenters. The summed E-state index contributed by atoms with van der Waals surface area (Å²) in [5.74, 6) is 0.686. The first-order chi connectivity index (χ1) is 12.4. The molecule has 2 aliphatic rings. The minimum Gasteiger partial charge on any atom is -0.474 e. The Balaban J connectivity index is 1.53. The Morgan fingerprint density at radius 2 is 2.08 bits per heavy atom. The molecule has 0 saturated carbocycles. The Labute approximate surface area is 144 Å². The van der Waals surface area contributed by atoms with E-state index in [0.29, 0.717) is 12.4 Å². The number of aromatic amines is 1. The average Bonchev–Trinajstić information content (AvgIpc) is 3.29. The van der Waals surface area contributed by atoms with Crippen molar-refractivity contribution < 1.29 is 9.47 Å². The van der Waals surface area contributed by atoms with E-state index in [9.17, 15) is 0 Å². The van der Waals surface area contributed by atoms with Crippen molar-refractivity contribution in [2.45, 2.75) is 25.5 Å². The van der Waals surface area contributed by atoms with Crippen molar-refractivity contribution in [3.05, 3.63) is 53.3 Å². The summed E-state index contributed by atoms with van der Waals surface area (Å²) in [6.45, 7) is 2.16. The summed E-state index contributed by atoms with van der Waals surface area (Å²) in [5.41, 5.74) is 5.19. The van der Waals surface area contributed by atoms with Crippen LogP contribution in [0, 0.1) is 0 Å². The standard InChI is InChI=1S/C19H18N4O2/c1-2-13-11-22-23-16(13)9-12(1)18-17-14(10-21-18)3-6-20-19(17)25-15-4-7-24-8-5-15/h1-3,6,9,11,15H,4-5,7-8,10H2,(H,22,23). The van der Waals surface area contributed by atoms with Gasteiger partial charge in [-0.2, -0.15) is 5.10 Å². The summed E-state index contributed by atoms with van der Waals surface area (Å²) in [4.78, 5) is 9.27. The molecular weight excluding hydrogens is 316 g/mol. The average molecular weight is 334 g/mol. The monoisotopic (exact) mass is 334 g/mol. The quantitative estimate of drug-likeness (QED) is 0.799. The fraction of sp³-hybridized carbons (Fsp3) is 0.316. The molecule has 0 aliphatic carbocycles. The van der Waals surface area contributed by atoms with Crippen LogP contribution in [-0.4, -0.2) is 40.2 Å². The molecule has 0 amide bonds. The summed E-state index contributed by atoms with van der Waals surface area (Å²) in [6.07, 6.45) is 5.59. The summed E-state index contributed by atoms with van der Waals surface area (Å²) in [5, 5.41) is 8.21. The Bertz CT molecular complexity index is 957. The summed E-state index contributed by atoms with van der Waals surface area (Å²) < 4.78 is 11.7. The summed E-state index contributed by atoms with van der Waals surface area (Å²) >= 11 is 0. The van der Waals surface area contributed by atoms with Gasteiger partial charge in [0.1, 0.15) is 6.10 Å². The van der Waals surface area contributed by atoms with Gasteiger partial charge in [-0.15, -0.1) is 0 Å². The summed E-state index contributed by atoms with van der Waals surface area (Å²) in [7, 11) is 0. The van der Waals surface area contributed by atoms with Crippen molar-refractivity contribution in [3.63, 3.8) is 0 Å². The van der Waals surface area contributed by atoms with Crippen molar-refractivity contribution in [2.24, 2.45) is 4.99 Å². The lowest BCUT2D eigenvalue weighted by molar-refractivity contribution is 0.0236. The van der Waals surface area contributed by atoms with Gasteiger partial charge in [-0.3, -0.25) is 10.1 Å². The molecule has 2 aromatic heterocycles. The second-order valence-electron chi connectivity index (χ2n) is 6.42. The van der Waals surface area contributed by atoms with Crippen molar-refractivity contribution in [1.29, 1.82) is 0 Å². The van der Waals surface area contributed by atoms with E-state index >= 15 is 0 Å². The highest BCUT2D eigenvalue weighted by molar-refractivity contribution is 6.17. The van der Waals surface area contributed by atoms with E-state index in [1.165, 1.54) is 0 Å². The Hall–Kier alpha value is -2.73. The van der Waals surface area contributed by atoms with E-state index in [2.05, 4.69) is 33.4 Å². The van der Waals surface area contributed by atoms with Gasteiger partial charge in [0, 0.05) is 30.0 Å². The van der Waals surface area contributed by atoms with Crippen LogP contribution in [0.1, 0.15) is 29.5 Å². The lowest BCUT2D eigenvalue weighted by Gasteiger charge is -2.24. The van der Waals surface area contributed by atoms with Crippen molar-refractivity contribution in [2.75, 3.05) is 13.2 Å². The van der Waals surface area contributed by atoms with Gasteiger partial charge < -0.3 is 9.47 Å². The highest BCUT2D eigenvalue weighted by Crippen LogP contribution is 2.31. The van der Waals surface area contributed by atoms with Gasteiger partial charge in [0.15, 0.2) is 0 Å². The number of hydrogen-bond donors (Lipinski definition) is 1. The second kappa shape index (κ2) is 5.97. The number of hydrogen-bond acceptors (Lipinski definition) is 5. The molecule has 3 aromatic rings. The van der Waals surface area contributed by atoms with Gasteiger partial charge in [-0.05, 0) is 17.7 Å². The van der Waals surface area contributed by atoms with Crippen LogP contribution in [0.25, 0.3) is 10.9 Å². The maximum Gasteiger partial charge on any atom is 0.223 e. The van der Waals surface area contributed by atoms with E-state index in [0.717, 1.165) is 59.4 Å². The molecule has 0 unspecified atom stereocenters. The Kier molecular flexibility index (Phi) is 3.48. The molecule has 0 radical (unpaired) electrons. The number of aliphatic imine (C=N–C) groups is 1. The van der Waals surface area contributed by atoms with Crippen LogP contribution in [0.3, 0.4) is 0 Å². The van der Waals surface area contributed by atoms with Crippen molar-refractivity contribution in [3.8, 4) is 5.88 Å². The van der Waals surface area contributed by atoms with E-state index in [1.54, 1.807) is 0 Å². The Morgan fingerprint density at radius 1 is 1.16 bits per heavy atom. The molecule has 1 N–H and O–H groups in total. The van der Waals surface area contributed by atoms with E-state index in [-0.39, 0.29) is 6.10 Å². The number of H-pyrrole nitrogens is 1. The van der Waals surface area contributed by atoms with Crippen LogP contribution in [0.2, 0.25) is 0 Å². The molecule has 4 heterocycles. The third kappa shape index (κ3) is 2.59. The molecule has 0 spiro atoms. The van der Waals surface area contributed by atoms with Gasteiger partial charge in [0.05, 0.1) is 42.7 Å². The first-order valence-corrected chi connectivity index (χ1v) is 8.59. The number of pyridine rings is 1. The van der Waals surface area contributed by atoms with Crippen LogP contribution >= 0.6 is 0 Å². The summed E-state index contributed by atoms with van der Waals surface area (Å²) in [6, 6.07) is 8.25. The molecule has 6 heteroatoms. The fourth-order valence-electron chi connectivity index (χ4n) is 3.47. The lowest BCUT2D eigenvalue weighted by Crippen LogP contribution is -2.27. The molecule has 1 fully saturated rings. The van der Waals surface area contributed by atoms with Crippen molar-refractivity contribution in [1.82, 2.24) is 15.2 Å². The minimum absolute atomic E-state index is 0.157. The third-order valence-corrected chi connectivity index (χ3v) is 4.81. The number of benzene rings is 1. The van der Waals surface area contributed by atoms with Crippen LogP contribution in [0.15, 0.2) is 41.7 Å². The largest absolute Gasteiger partial charge is 0.474 e. The van der Waals surface area contributed by atoms with Crippen molar-refractivity contribution >= 4 is 16.6 Å². The van der Waals surface area contributed by atoms with Crippen LogP contribution in [-0.2, 0) is 11.3 Å².